The number of nitrogens with one attached hydrogen (secondary N) is 1. The molecule has 0 saturated carbocycles. The minimum Gasteiger partial charge on any atom is -0.456 e. The summed E-state index contributed by atoms with van der Waals surface area (Å²) in [6, 6.07) is 13.3. The summed E-state index contributed by atoms with van der Waals surface area (Å²) in [4.78, 5) is 47.0. The lowest BCUT2D eigenvalue weighted by molar-refractivity contribution is -0.147. The van der Waals surface area contributed by atoms with Gasteiger partial charge in [-0.1, -0.05) is 24.3 Å². The number of amides is 1. The Morgan fingerprint density at radius 3 is 2.68 bits per heavy atom. The van der Waals surface area contributed by atoms with E-state index in [1.807, 2.05) is 0 Å². The maximum absolute atomic E-state index is 11.9. The summed E-state index contributed by atoms with van der Waals surface area (Å²) < 4.78 is 11.4. The fourth-order valence-corrected chi connectivity index (χ4v) is 2.66. The standard InChI is InChI=1S/C20H18N2O6/c1-13(23)14-5-4-6-15(11-14)21-18(24)12-27-19(25)9-10-22-16-7-2-3-8-17(16)28-20(22)26/h2-8,11H,9-10,12H2,1H3,(H,21,24). The Kier molecular flexibility index (Phi) is 5.69. The van der Waals surface area contributed by atoms with Gasteiger partial charge in [0.2, 0.25) is 0 Å². The van der Waals surface area contributed by atoms with Gasteiger partial charge in [0.05, 0.1) is 11.9 Å². The third-order valence-corrected chi connectivity index (χ3v) is 4.03. The molecule has 1 N–H and O–H groups in total. The molecular weight excluding hydrogens is 364 g/mol. The second kappa shape index (κ2) is 8.34. The van der Waals surface area contributed by atoms with E-state index in [1.54, 1.807) is 48.5 Å². The topological polar surface area (TPSA) is 108 Å². The SMILES string of the molecule is CC(=O)c1cccc(NC(=O)COC(=O)CCn2c(=O)oc3ccccc32)c1. The predicted octanol–water partition coefficient (Wildman–Crippen LogP) is 2.37. The number of ether oxygens (including phenoxy) is 1. The summed E-state index contributed by atoms with van der Waals surface area (Å²) in [5.74, 6) is -1.83. The van der Waals surface area contributed by atoms with E-state index in [1.165, 1.54) is 11.5 Å². The average molecular weight is 382 g/mol. The molecule has 3 aromatic rings. The molecule has 0 bridgehead atoms. The van der Waals surface area contributed by atoms with E-state index in [0.717, 1.165) is 0 Å². The van der Waals surface area contributed by atoms with Crippen molar-refractivity contribution in [1.29, 1.82) is 0 Å². The van der Waals surface area contributed by atoms with Gasteiger partial charge in [-0.05, 0) is 31.2 Å². The van der Waals surface area contributed by atoms with Crippen LogP contribution in [0.2, 0.25) is 0 Å². The molecule has 0 atom stereocenters. The number of benzene rings is 2. The molecule has 28 heavy (non-hydrogen) atoms. The molecule has 3 rings (SSSR count). The van der Waals surface area contributed by atoms with Crippen molar-refractivity contribution in [2.45, 2.75) is 19.9 Å². The van der Waals surface area contributed by atoms with Gasteiger partial charge in [-0.3, -0.25) is 19.0 Å². The summed E-state index contributed by atoms with van der Waals surface area (Å²) in [6.45, 7) is 1.04. The monoisotopic (exact) mass is 382 g/mol. The number of aryl methyl sites for hydroxylation is 1. The highest BCUT2D eigenvalue weighted by atomic mass is 16.5. The number of hydrogen-bond donors (Lipinski definition) is 1. The van der Waals surface area contributed by atoms with Crippen molar-refractivity contribution in [2.75, 3.05) is 11.9 Å². The first-order valence-corrected chi connectivity index (χ1v) is 8.59. The van der Waals surface area contributed by atoms with Crippen LogP contribution in [0.15, 0.2) is 57.7 Å². The molecule has 0 aliphatic carbocycles. The van der Waals surface area contributed by atoms with Gasteiger partial charge in [0.15, 0.2) is 18.0 Å². The van der Waals surface area contributed by atoms with Gasteiger partial charge in [0, 0.05) is 17.8 Å². The van der Waals surface area contributed by atoms with Crippen LogP contribution >= 0.6 is 0 Å². The Hall–Kier alpha value is -3.68. The number of carbonyl (C=O) groups excluding carboxylic acids is 3. The molecule has 0 fully saturated rings. The van der Waals surface area contributed by atoms with Crippen molar-refractivity contribution in [3.8, 4) is 0 Å². The maximum Gasteiger partial charge on any atom is 0.419 e. The smallest absolute Gasteiger partial charge is 0.419 e. The Balaban J connectivity index is 1.51. The Morgan fingerprint density at radius 2 is 1.89 bits per heavy atom. The van der Waals surface area contributed by atoms with Crippen molar-refractivity contribution in [3.05, 3.63) is 64.6 Å². The van der Waals surface area contributed by atoms with E-state index < -0.39 is 24.2 Å². The van der Waals surface area contributed by atoms with Crippen LogP contribution in [-0.2, 0) is 20.9 Å². The highest BCUT2D eigenvalue weighted by Crippen LogP contribution is 2.13. The van der Waals surface area contributed by atoms with Gasteiger partial charge < -0.3 is 14.5 Å². The second-order valence-corrected chi connectivity index (χ2v) is 6.08. The number of rotatable bonds is 7. The normalized spacial score (nSPS) is 10.6. The van der Waals surface area contributed by atoms with Gasteiger partial charge in [0.1, 0.15) is 0 Å². The van der Waals surface area contributed by atoms with Gasteiger partial charge >= 0.3 is 11.7 Å². The van der Waals surface area contributed by atoms with Crippen LogP contribution < -0.4 is 11.1 Å². The highest BCUT2D eigenvalue weighted by Gasteiger charge is 2.12. The first-order valence-electron chi connectivity index (χ1n) is 8.59. The van der Waals surface area contributed by atoms with Gasteiger partial charge in [-0.25, -0.2) is 4.79 Å². The molecule has 0 aliphatic heterocycles. The number of aromatic nitrogens is 1. The summed E-state index contributed by atoms with van der Waals surface area (Å²) in [6.07, 6.45) is -0.0868. The van der Waals surface area contributed by atoms with Gasteiger partial charge in [-0.2, -0.15) is 0 Å². The first-order chi connectivity index (χ1) is 13.4. The number of nitrogens with zero attached hydrogens (tertiary/aromatic N) is 1. The molecule has 144 valence electrons. The quantitative estimate of drug-likeness (QED) is 0.496. The summed E-state index contributed by atoms with van der Waals surface area (Å²) in [5, 5.41) is 2.56. The molecule has 2 aromatic carbocycles. The van der Waals surface area contributed by atoms with Crippen LogP contribution in [0, 0.1) is 0 Å². The molecule has 0 radical (unpaired) electrons. The van der Waals surface area contributed by atoms with Crippen molar-refractivity contribution < 1.29 is 23.5 Å². The number of carbonyl (C=O) groups is 3. The fraction of sp³-hybridized carbons (Fsp3) is 0.200. The summed E-state index contributed by atoms with van der Waals surface area (Å²) in [5.41, 5.74) is 1.93. The Labute approximate surface area is 159 Å². The van der Waals surface area contributed by atoms with E-state index in [0.29, 0.717) is 22.4 Å². The largest absolute Gasteiger partial charge is 0.456 e. The van der Waals surface area contributed by atoms with Crippen molar-refractivity contribution in [2.24, 2.45) is 0 Å². The zero-order chi connectivity index (χ0) is 20.1. The highest BCUT2D eigenvalue weighted by molar-refractivity contribution is 5.97. The first kappa shape index (κ1) is 19.1. The second-order valence-electron chi connectivity index (χ2n) is 6.08. The minimum absolute atomic E-state index is 0.0803. The number of fused-ring (bicyclic) bond motifs is 1. The van der Waals surface area contributed by atoms with E-state index in [-0.39, 0.29) is 18.7 Å². The van der Waals surface area contributed by atoms with Crippen molar-refractivity contribution in [1.82, 2.24) is 4.57 Å². The number of oxazole rings is 1. The van der Waals surface area contributed by atoms with Crippen LogP contribution in [-0.4, -0.2) is 28.8 Å². The zero-order valence-electron chi connectivity index (χ0n) is 15.1. The molecule has 0 spiro atoms. The van der Waals surface area contributed by atoms with Crippen LogP contribution in [0.1, 0.15) is 23.7 Å². The molecule has 0 unspecified atom stereocenters. The van der Waals surface area contributed by atoms with E-state index >= 15 is 0 Å². The zero-order valence-corrected chi connectivity index (χ0v) is 15.1. The number of hydrogen-bond acceptors (Lipinski definition) is 6. The van der Waals surface area contributed by atoms with Crippen LogP contribution in [0.5, 0.6) is 0 Å². The third-order valence-electron chi connectivity index (χ3n) is 4.03. The maximum atomic E-state index is 11.9. The number of ketones is 1. The lowest BCUT2D eigenvalue weighted by atomic mass is 10.1. The molecule has 8 heteroatoms. The average Bonchev–Trinajstić information content (AvgIpc) is 3.00. The van der Waals surface area contributed by atoms with Crippen LogP contribution in [0.4, 0.5) is 5.69 Å². The lowest BCUT2D eigenvalue weighted by Crippen LogP contribution is -2.22. The Bertz CT molecular complexity index is 1100. The third kappa shape index (κ3) is 4.53. The summed E-state index contributed by atoms with van der Waals surface area (Å²) >= 11 is 0. The van der Waals surface area contributed by atoms with Gasteiger partial charge in [-0.15, -0.1) is 0 Å². The number of anilines is 1. The van der Waals surface area contributed by atoms with E-state index in [2.05, 4.69) is 5.32 Å². The lowest BCUT2D eigenvalue weighted by Gasteiger charge is -2.08. The van der Waals surface area contributed by atoms with Crippen LogP contribution in [0.3, 0.4) is 0 Å². The molecule has 1 heterocycles. The molecule has 0 saturated heterocycles. The molecule has 1 amide bonds. The fourth-order valence-electron chi connectivity index (χ4n) is 2.66. The molecule has 1 aromatic heterocycles. The summed E-state index contributed by atoms with van der Waals surface area (Å²) in [7, 11) is 0. The molecule has 0 aliphatic rings. The predicted molar refractivity (Wildman–Crippen MR) is 101 cm³/mol. The van der Waals surface area contributed by atoms with Crippen LogP contribution in [0.25, 0.3) is 11.1 Å². The van der Waals surface area contributed by atoms with Crippen molar-refractivity contribution >= 4 is 34.4 Å². The van der Waals surface area contributed by atoms with Crippen molar-refractivity contribution in [3.63, 3.8) is 0 Å². The number of para-hydroxylation sites is 2. The number of Topliss-reactive ketones (excluding diaryl/α,β-unsaturated/α-hetero) is 1. The van der Waals surface area contributed by atoms with E-state index in [9.17, 15) is 19.2 Å². The van der Waals surface area contributed by atoms with Gasteiger partial charge in [0.25, 0.3) is 5.91 Å². The Morgan fingerprint density at radius 1 is 1.11 bits per heavy atom. The molecule has 8 nitrogen and oxygen atoms in total. The minimum atomic E-state index is -0.621. The molecular formula is C20H18N2O6. The van der Waals surface area contributed by atoms with E-state index in [4.69, 9.17) is 9.15 Å². The number of esters is 1.